The average Bonchev–Trinajstić information content (AvgIpc) is 2.82. The van der Waals surface area contributed by atoms with Gasteiger partial charge in [0.15, 0.2) is 0 Å². The van der Waals surface area contributed by atoms with Crippen LogP contribution in [-0.4, -0.2) is 23.3 Å². The van der Waals surface area contributed by atoms with Gasteiger partial charge < -0.3 is 10.2 Å². The smallest absolute Gasteiger partial charge is 0.338 e. The van der Waals surface area contributed by atoms with Crippen molar-refractivity contribution in [3.8, 4) is 11.1 Å². The van der Waals surface area contributed by atoms with Crippen LogP contribution in [0.1, 0.15) is 54.2 Å². The van der Waals surface area contributed by atoms with Crippen LogP contribution in [-0.2, 0) is 23.9 Å². The van der Waals surface area contributed by atoms with Gasteiger partial charge in [-0.25, -0.2) is 0 Å². The van der Waals surface area contributed by atoms with Gasteiger partial charge in [0.05, 0.1) is 5.56 Å². The van der Waals surface area contributed by atoms with Gasteiger partial charge in [-0.3, -0.25) is 9.59 Å². The molecule has 0 aliphatic carbocycles. The Labute approximate surface area is 209 Å². The minimum absolute atomic E-state index is 0.0673. The first-order chi connectivity index (χ1) is 16.9. The molecule has 3 aromatic carbocycles. The maximum atomic E-state index is 13.1. The Kier molecular flexibility index (Phi) is 6.94. The third-order valence-corrected chi connectivity index (χ3v) is 6.21. The number of halogens is 3. The standard InChI is InChI=1S/C29H29F3N2O2/c1-28(2,3)17-26(35)34-15-14-20-16-23(13-10-21(20)18-34)33-27(36)25-7-5-4-6-24(25)19-8-11-22(12-9-19)29(30,31)32/h4-13,16H,14-15,17-18H2,1-3H3,(H,33,36). The second-order valence-electron chi connectivity index (χ2n) is 10.4. The Morgan fingerprint density at radius 1 is 0.917 bits per heavy atom. The Morgan fingerprint density at radius 3 is 2.28 bits per heavy atom. The van der Waals surface area contributed by atoms with E-state index in [4.69, 9.17) is 0 Å². The minimum Gasteiger partial charge on any atom is -0.338 e. The normalized spacial score (nSPS) is 13.8. The molecule has 4 nitrogen and oxygen atoms in total. The molecule has 1 N–H and O–H groups in total. The Morgan fingerprint density at radius 2 is 1.61 bits per heavy atom. The molecule has 0 saturated heterocycles. The summed E-state index contributed by atoms with van der Waals surface area (Å²) in [5.41, 5.74) is 3.43. The molecule has 0 atom stereocenters. The molecule has 1 aliphatic rings. The lowest BCUT2D eigenvalue weighted by Crippen LogP contribution is -2.37. The molecule has 0 radical (unpaired) electrons. The summed E-state index contributed by atoms with van der Waals surface area (Å²) in [4.78, 5) is 27.6. The van der Waals surface area contributed by atoms with Gasteiger partial charge in [0.25, 0.3) is 5.91 Å². The van der Waals surface area contributed by atoms with Crippen molar-refractivity contribution in [2.45, 2.75) is 46.3 Å². The maximum absolute atomic E-state index is 13.1. The molecule has 3 aromatic rings. The Hall–Kier alpha value is -3.61. The van der Waals surface area contributed by atoms with Crippen molar-refractivity contribution in [1.82, 2.24) is 4.90 Å². The number of amides is 2. The first kappa shape index (κ1) is 25.5. The van der Waals surface area contributed by atoms with E-state index < -0.39 is 11.7 Å². The molecule has 4 rings (SSSR count). The van der Waals surface area contributed by atoms with E-state index in [0.29, 0.717) is 48.3 Å². The van der Waals surface area contributed by atoms with E-state index in [0.717, 1.165) is 23.3 Å². The molecular formula is C29H29F3N2O2. The third-order valence-electron chi connectivity index (χ3n) is 6.21. The average molecular weight is 495 g/mol. The van der Waals surface area contributed by atoms with Gasteiger partial charge in [0, 0.05) is 30.8 Å². The van der Waals surface area contributed by atoms with Crippen LogP contribution in [0, 0.1) is 5.41 Å². The van der Waals surface area contributed by atoms with Crippen LogP contribution in [0.25, 0.3) is 11.1 Å². The van der Waals surface area contributed by atoms with Gasteiger partial charge in [-0.05, 0) is 64.4 Å². The zero-order valence-corrected chi connectivity index (χ0v) is 20.6. The van der Waals surface area contributed by atoms with E-state index in [2.05, 4.69) is 5.32 Å². The Bertz CT molecular complexity index is 1270. The lowest BCUT2D eigenvalue weighted by Gasteiger charge is -2.31. The molecule has 0 unspecified atom stereocenters. The van der Waals surface area contributed by atoms with E-state index in [-0.39, 0.29) is 17.2 Å². The van der Waals surface area contributed by atoms with Gasteiger partial charge >= 0.3 is 6.18 Å². The number of hydrogen-bond acceptors (Lipinski definition) is 2. The summed E-state index contributed by atoms with van der Waals surface area (Å²) in [6, 6.07) is 17.3. The first-order valence-electron chi connectivity index (χ1n) is 11.9. The van der Waals surface area contributed by atoms with Gasteiger partial charge in [-0.15, -0.1) is 0 Å². The summed E-state index contributed by atoms with van der Waals surface area (Å²) in [6.45, 7) is 7.33. The number of benzene rings is 3. The molecular weight excluding hydrogens is 465 g/mol. The molecule has 0 bridgehead atoms. The number of alkyl halides is 3. The first-order valence-corrected chi connectivity index (χ1v) is 11.9. The van der Waals surface area contributed by atoms with E-state index >= 15 is 0 Å². The molecule has 7 heteroatoms. The number of anilines is 1. The molecule has 0 aromatic heterocycles. The van der Waals surface area contributed by atoms with E-state index in [1.165, 1.54) is 12.1 Å². The molecule has 0 saturated carbocycles. The van der Waals surface area contributed by atoms with E-state index in [1.807, 2.05) is 43.9 Å². The molecule has 2 amide bonds. The van der Waals surface area contributed by atoms with E-state index in [1.54, 1.807) is 24.3 Å². The number of rotatable bonds is 4. The monoisotopic (exact) mass is 494 g/mol. The second-order valence-corrected chi connectivity index (χ2v) is 10.4. The van der Waals surface area contributed by atoms with Gasteiger partial charge in [0.1, 0.15) is 0 Å². The summed E-state index contributed by atoms with van der Waals surface area (Å²) in [6.07, 6.45) is -3.22. The molecule has 0 fully saturated rings. The van der Waals surface area contributed by atoms with Crippen molar-refractivity contribution < 1.29 is 22.8 Å². The molecule has 36 heavy (non-hydrogen) atoms. The number of fused-ring (bicyclic) bond motifs is 1. The highest BCUT2D eigenvalue weighted by molar-refractivity contribution is 6.08. The van der Waals surface area contributed by atoms with Gasteiger partial charge in [-0.1, -0.05) is 57.2 Å². The van der Waals surface area contributed by atoms with Crippen LogP contribution in [0.5, 0.6) is 0 Å². The molecule has 188 valence electrons. The molecule has 0 spiro atoms. The van der Waals surface area contributed by atoms with Crippen LogP contribution in [0.15, 0.2) is 66.7 Å². The van der Waals surface area contributed by atoms with Crippen LogP contribution >= 0.6 is 0 Å². The predicted molar refractivity (Wildman–Crippen MR) is 134 cm³/mol. The maximum Gasteiger partial charge on any atom is 0.416 e. The van der Waals surface area contributed by atoms with Crippen molar-refractivity contribution in [2.24, 2.45) is 5.41 Å². The van der Waals surface area contributed by atoms with Gasteiger partial charge in [0.2, 0.25) is 5.91 Å². The third kappa shape index (κ3) is 5.96. The zero-order chi connectivity index (χ0) is 26.1. The van der Waals surface area contributed by atoms with Crippen molar-refractivity contribution >= 4 is 17.5 Å². The van der Waals surface area contributed by atoms with E-state index in [9.17, 15) is 22.8 Å². The van der Waals surface area contributed by atoms with Crippen LogP contribution in [0.3, 0.4) is 0 Å². The summed E-state index contributed by atoms with van der Waals surface area (Å²) in [5, 5.41) is 2.92. The summed E-state index contributed by atoms with van der Waals surface area (Å²) in [5.74, 6) is -0.200. The van der Waals surface area contributed by atoms with Crippen LogP contribution in [0.2, 0.25) is 0 Å². The van der Waals surface area contributed by atoms with Gasteiger partial charge in [-0.2, -0.15) is 13.2 Å². The summed E-state index contributed by atoms with van der Waals surface area (Å²) < 4.78 is 38.8. The summed E-state index contributed by atoms with van der Waals surface area (Å²) in [7, 11) is 0. The van der Waals surface area contributed by atoms with Crippen molar-refractivity contribution in [2.75, 3.05) is 11.9 Å². The fourth-order valence-electron chi connectivity index (χ4n) is 4.38. The second kappa shape index (κ2) is 9.80. The largest absolute Gasteiger partial charge is 0.416 e. The number of hydrogen-bond donors (Lipinski definition) is 1. The number of carbonyl (C=O) groups is 2. The fraction of sp³-hybridized carbons (Fsp3) is 0.310. The highest BCUT2D eigenvalue weighted by Gasteiger charge is 2.30. The predicted octanol–water partition coefficient (Wildman–Crippen LogP) is 6.95. The molecule has 1 heterocycles. The molecule has 1 aliphatic heterocycles. The fourth-order valence-corrected chi connectivity index (χ4v) is 4.38. The van der Waals surface area contributed by atoms with Crippen molar-refractivity contribution in [1.29, 1.82) is 0 Å². The Balaban J connectivity index is 1.49. The lowest BCUT2D eigenvalue weighted by atomic mass is 9.90. The summed E-state index contributed by atoms with van der Waals surface area (Å²) >= 11 is 0. The highest BCUT2D eigenvalue weighted by Crippen LogP contribution is 2.32. The quantitative estimate of drug-likeness (QED) is 0.427. The topological polar surface area (TPSA) is 49.4 Å². The van der Waals surface area contributed by atoms with Crippen molar-refractivity contribution in [3.05, 3.63) is 89.0 Å². The SMILES string of the molecule is CC(C)(C)CC(=O)N1CCc2cc(NC(=O)c3ccccc3-c3ccc(C(F)(F)F)cc3)ccc2C1. The number of carbonyl (C=O) groups excluding carboxylic acids is 2. The number of nitrogens with zero attached hydrogens (tertiary/aromatic N) is 1. The number of nitrogens with one attached hydrogen (secondary N) is 1. The highest BCUT2D eigenvalue weighted by atomic mass is 19.4. The van der Waals surface area contributed by atoms with Crippen molar-refractivity contribution in [3.63, 3.8) is 0 Å². The zero-order valence-electron chi connectivity index (χ0n) is 20.6. The van der Waals surface area contributed by atoms with Crippen LogP contribution in [0.4, 0.5) is 18.9 Å². The minimum atomic E-state index is -4.42. The van der Waals surface area contributed by atoms with Crippen LogP contribution < -0.4 is 5.32 Å². The lowest BCUT2D eigenvalue weighted by molar-refractivity contribution is -0.137.